The lowest BCUT2D eigenvalue weighted by Gasteiger charge is -2.01. The van der Waals surface area contributed by atoms with Crippen molar-refractivity contribution >= 4 is 0 Å². The molecular formula is C8H14O. The van der Waals surface area contributed by atoms with Crippen LogP contribution in [-0.4, -0.2) is 7.11 Å². The lowest BCUT2D eigenvalue weighted by molar-refractivity contribution is 0.277. The van der Waals surface area contributed by atoms with Gasteiger partial charge in [0.15, 0.2) is 0 Å². The molecule has 0 radical (unpaired) electrons. The van der Waals surface area contributed by atoms with Gasteiger partial charge in [-0.1, -0.05) is 6.08 Å². The Bertz CT molecular complexity index is 103. The number of ether oxygens (including phenoxy) is 1. The minimum atomic E-state index is 0.969. The van der Waals surface area contributed by atoms with Crippen LogP contribution in [0.1, 0.15) is 19.8 Å². The summed E-state index contributed by atoms with van der Waals surface area (Å²) in [6.07, 6.45) is 5.83. The van der Waals surface area contributed by atoms with Crippen molar-refractivity contribution in [1.29, 1.82) is 0 Å². The molecule has 0 aromatic rings. The Morgan fingerprint density at radius 3 is 2.67 bits per heavy atom. The molecule has 0 N–H and O–H groups in total. The van der Waals surface area contributed by atoms with Gasteiger partial charge in [-0.3, -0.25) is 0 Å². The molecule has 0 heterocycles. The molecule has 0 saturated carbocycles. The summed E-state index contributed by atoms with van der Waals surface area (Å²) in [4.78, 5) is 0. The monoisotopic (exact) mass is 126 g/mol. The Labute approximate surface area is 57.0 Å². The minimum Gasteiger partial charge on any atom is -0.501 e. The number of hydrogen-bond donors (Lipinski definition) is 0. The predicted molar refractivity (Wildman–Crippen MR) is 40.2 cm³/mol. The summed E-state index contributed by atoms with van der Waals surface area (Å²) in [6, 6.07) is 0. The first-order valence-corrected chi connectivity index (χ1v) is 3.15. The van der Waals surface area contributed by atoms with Crippen molar-refractivity contribution in [3.8, 4) is 0 Å². The maximum atomic E-state index is 5.01. The summed E-state index contributed by atoms with van der Waals surface area (Å²) in [5.41, 5.74) is 0. The predicted octanol–water partition coefficient (Wildman–Crippen LogP) is 2.50. The van der Waals surface area contributed by atoms with Crippen LogP contribution < -0.4 is 0 Å². The van der Waals surface area contributed by atoms with E-state index in [1.54, 1.807) is 7.11 Å². The molecule has 0 saturated heterocycles. The molecular weight excluding hydrogens is 112 g/mol. The first kappa shape index (κ1) is 8.28. The molecule has 1 nitrogen and oxygen atoms in total. The molecule has 52 valence electrons. The third-order valence-corrected chi connectivity index (χ3v) is 1.18. The van der Waals surface area contributed by atoms with Crippen molar-refractivity contribution in [3.63, 3.8) is 0 Å². The first-order valence-electron chi connectivity index (χ1n) is 3.15. The molecule has 0 aliphatic rings. The molecule has 0 fully saturated rings. The summed E-state index contributed by atoms with van der Waals surface area (Å²) in [5, 5.41) is 0. The molecule has 0 spiro atoms. The topological polar surface area (TPSA) is 9.23 Å². The summed E-state index contributed by atoms with van der Waals surface area (Å²) < 4.78 is 5.01. The molecule has 0 amide bonds. The molecule has 1 heteroatoms. The number of methoxy groups -OCH3 is 1. The maximum absolute atomic E-state index is 5.01. The molecule has 0 aliphatic carbocycles. The Morgan fingerprint density at radius 2 is 2.33 bits per heavy atom. The highest BCUT2D eigenvalue weighted by molar-refractivity contribution is 4.91. The molecule has 0 aliphatic heterocycles. The Balaban J connectivity index is 3.44. The molecule has 0 unspecified atom stereocenters. The van der Waals surface area contributed by atoms with Crippen LogP contribution in [0, 0.1) is 0 Å². The van der Waals surface area contributed by atoms with Crippen molar-refractivity contribution in [1.82, 2.24) is 0 Å². The quantitative estimate of drug-likeness (QED) is 0.415. The lowest BCUT2D eigenvalue weighted by atomic mass is 10.2. The maximum Gasteiger partial charge on any atom is 0.0915 e. The fourth-order valence-corrected chi connectivity index (χ4v) is 0.609. The summed E-state index contributed by atoms with van der Waals surface area (Å²) in [7, 11) is 1.69. The van der Waals surface area contributed by atoms with Gasteiger partial charge in [-0.15, -0.1) is 6.58 Å². The van der Waals surface area contributed by atoms with Gasteiger partial charge in [-0.05, 0) is 19.4 Å². The van der Waals surface area contributed by atoms with Crippen LogP contribution in [0.15, 0.2) is 24.5 Å². The third-order valence-electron chi connectivity index (χ3n) is 1.18. The molecule has 0 aromatic carbocycles. The highest BCUT2D eigenvalue weighted by Crippen LogP contribution is 2.04. The van der Waals surface area contributed by atoms with Gasteiger partial charge in [0.05, 0.1) is 12.9 Å². The van der Waals surface area contributed by atoms with Crippen LogP contribution in [-0.2, 0) is 4.74 Å². The fraction of sp³-hybridized carbons (Fsp3) is 0.500. The molecule has 0 bridgehead atoms. The van der Waals surface area contributed by atoms with Crippen molar-refractivity contribution in [2.75, 3.05) is 7.11 Å². The van der Waals surface area contributed by atoms with Gasteiger partial charge >= 0.3 is 0 Å². The minimum absolute atomic E-state index is 0.969. The summed E-state index contributed by atoms with van der Waals surface area (Å²) >= 11 is 0. The van der Waals surface area contributed by atoms with Gasteiger partial charge < -0.3 is 4.74 Å². The molecule has 0 aromatic heterocycles. The van der Waals surface area contributed by atoms with E-state index in [2.05, 4.69) is 6.58 Å². The molecule has 0 atom stereocenters. The van der Waals surface area contributed by atoms with Crippen LogP contribution in [0.2, 0.25) is 0 Å². The number of hydrogen-bond acceptors (Lipinski definition) is 1. The second-order valence-corrected chi connectivity index (χ2v) is 1.79. The van der Waals surface area contributed by atoms with Gasteiger partial charge in [0.1, 0.15) is 0 Å². The Kier molecular flexibility index (Phi) is 4.98. The van der Waals surface area contributed by atoms with E-state index >= 15 is 0 Å². The van der Waals surface area contributed by atoms with Crippen molar-refractivity contribution < 1.29 is 4.74 Å². The molecule has 9 heavy (non-hydrogen) atoms. The van der Waals surface area contributed by atoms with E-state index in [0.717, 1.165) is 18.6 Å². The van der Waals surface area contributed by atoms with Crippen molar-refractivity contribution in [3.05, 3.63) is 24.5 Å². The Hall–Kier alpha value is -0.720. The highest BCUT2D eigenvalue weighted by atomic mass is 16.5. The second-order valence-electron chi connectivity index (χ2n) is 1.79. The average molecular weight is 126 g/mol. The molecule has 0 rings (SSSR count). The summed E-state index contributed by atoms with van der Waals surface area (Å²) in [5.74, 6) is 1.04. The van der Waals surface area contributed by atoms with E-state index in [-0.39, 0.29) is 0 Å². The van der Waals surface area contributed by atoms with Gasteiger partial charge in [0, 0.05) is 6.42 Å². The zero-order valence-corrected chi connectivity index (χ0v) is 6.18. The third kappa shape index (κ3) is 3.83. The Morgan fingerprint density at radius 1 is 1.67 bits per heavy atom. The largest absolute Gasteiger partial charge is 0.501 e. The van der Waals surface area contributed by atoms with Gasteiger partial charge in [0.2, 0.25) is 0 Å². The van der Waals surface area contributed by atoms with E-state index in [4.69, 9.17) is 4.74 Å². The van der Waals surface area contributed by atoms with E-state index in [1.165, 1.54) is 0 Å². The first-order chi connectivity index (χ1) is 4.35. The zero-order chi connectivity index (χ0) is 7.11. The smallest absolute Gasteiger partial charge is 0.0915 e. The number of allylic oxidation sites excluding steroid dienone is 3. The van der Waals surface area contributed by atoms with Crippen molar-refractivity contribution in [2.24, 2.45) is 0 Å². The van der Waals surface area contributed by atoms with Crippen LogP contribution in [0.5, 0.6) is 0 Å². The second kappa shape index (κ2) is 5.42. The van der Waals surface area contributed by atoms with Crippen LogP contribution in [0.25, 0.3) is 0 Å². The average Bonchev–Trinajstić information content (AvgIpc) is 1.91. The standard InChI is InChI=1S/C8H14O/c1-4-6-7-8(5-2)9-3/h4-5H,1,6-7H2,2-3H3/b8-5+. The summed E-state index contributed by atoms with van der Waals surface area (Å²) in [6.45, 7) is 5.59. The highest BCUT2D eigenvalue weighted by Gasteiger charge is 1.89. The fourth-order valence-electron chi connectivity index (χ4n) is 0.609. The van der Waals surface area contributed by atoms with Crippen molar-refractivity contribution in [2.45, 2.75) is 19.8 Å². The SMILES string of the molecule is C=CCC/C(=C\C)OC. The van der Waals surface area contributed by atoms with Crippen LogP contribution >= 0.6 is 0 Å². The van der Waals surface area contributed by atoms with E-state index in [1.807, 2.05) is 19.1 Å². The van der Waals surface area contributed by atoms with E-state index in [0.29, 0.717) is 0 Å². The van der Waals surface area contributed by atoms with Gasteiger partial charge in [-0.2, -0.15) is 0 Å². The van der Waals surface area contributed by atoms with E-state index in [9.17, 15) is 0 Å². The van der Waals surface area contributed by atoms with Gasteiger partial charge in [-0.25, -0.2) is 0 Å². The van der Waals surface area contributed by atoms with Crippen LogP contribution in [0.3, 0.4) is 0 Å². The zero-order valence-electron chi connectivity index (χ0n) is 6.18. The van der Waals surface area contributed by atoms with Gasteiger partial charge in [0.25, 0.3) is 0 Å². The van der Waals surface area contributed by atoms with Crippen LogP contribution in [0.4, 0.5) is 0 Å². The number of rotatable bonds is 4. The normalized spacial score (nSPS) is 11.1. The lowest BCUT2D eigenvalue weighted by Crippen LogP contribution is -1.83. The van der Waals surface area contributed by atoms with E-state index < -0.39 is 0 Å².